The molecular weight excluding hydrogens is 173 g/mol. The van der Waals surface area contributed by atoms with Gasteiger partial charge >= 0.3 is 0 Å². The zero-order chi connectivity index (χ0) is 9.84. The van der Waals surface area contributed by atoms with Crippen molar-refractivity contribution in [3.8, 4) is 5.75 Å². The molecule has 72 valence electrons. The van der Waals surface area contributed by atoms with Crippen LogP contribution in [-0.4, -0.2) is 12.3 Å². The molecule has 0 radical (unpaired) electrons. The van der Waals surface area contributed by atoms with Crippen molar-refractivity contribution in [1.29, 1.82) is 0 Å². The molecule has 0 aliphatic carbocycles. The number of ether oxygens (including phenoxy) is 1. The molecule has 0 aromatic heterocycles. The molecule has 0 saturated carbocycles. The Morgan fingerprint density at radius 3 is 2.77 bits per heavy atom. The summed E-state index contributed by atoms with van der Waals surface area (Å²) in [5, 5.41) is 8.47. The van der Waals surface area contributed by atoms with E-state index in [1.165, 1.54) is 13.2 Å². The van der Waals surface area contributed by atoms with Gasteiger partial charge in [-0.3, -0.25) is 0 Å². The molecule has 0 bridgehead atoms. The highest BCUT2D eigenvalue weighted by atomic mass is 19.1. The van der Waals surface area contributed by atoms with Gasteiger partial charge in [0.05, 0.1) is 7.11 Å². The summed E-state index contributed by atoms with van der Waals surface area (Å²) >= 11 is 0. The van der Waals surface area contributed by atoms with Crippen molar-refractivity contribution in [2.24, 2.45) is 0 Å². The number of hydrogen-bond acceptors (Lipinski definition) is 3. The molecule has 0 atom stereocenters. The molecule has 2 N–H and O–H groups in total. The summed E-state index contributed by atoms with van der Waals surface area (Å²) in [5.74, 6) is 0.270. The van der Waals surface area contributed by atoms with Crippen LogP contribution in [-0.2, 0) is 6.54 Å². The Kier molecular flexibility index (Phi) is 3.22. The first-order valence-corrected chi connectivity index (χ1v) is 3.89. The second-order valence-electron chi connectivity index (χ2n) is 2.69. The lowest BCUT2D eigenvalue weighted by Gasteiger charge is -2.10. The lowest BCUT2D eigenvalue weighted by Crippen LogP contribution is -2.10. The van der Waals surface area contributed by atoms with Gasteiger partial charge in [0.15, 0.2) is 0 Å². The van der Waals surface area contributed by atoms with Gasteiger partial charge < -0.3 is 9.94 Å². The first-order valence-electron chi connectivity index (χ1n) is 3.89. The molecule has 0 aliphatic rings. The van der Waals surface area contributed by atoms with Crippen molar-refractivity contribution in [2.75, 3.05) is 7.11 Å². The summed E-state index contributed by atoms with van der Waals surface area (Å²) in [6, 6.07) is 2.88. The van der Waals surface area contributed by atoms with E-state index in [2.05, 4.69) is 0 Å². The number of hydroxylamine groups is 1. The SMILES string of the molecule is COc1ccc(F)c(CNO)c1C. The number of hydrogen-bond donors (Lipinski definition) is 2. The van der Waals surface area contributed by atoms with Crippen LogP contribution < -0.4 is 10.2 Å². The molecule has 0 saturated heterocycles. The molecule has 1 aromatic rings. The Labute approximate surface area is 76.1 Å². The van der Waals surface area contributed by atoms with E-state index in [0.29, 0.717) is 16.9 Å². The van der Waals surface area contributed by atoms with Crippen molar-refractivity contribution in [1.82, 2.24) is 5.48 Å². The molecule has 0 fully saturated rings. The van der Waals surface area contributed by atoms with Crippen LogP contribution in [0.2, 0.25) is 0 Å². The standard InChI is InChI=1S/C9H12FNO2/c1-6-7(5-11-12)8(10)3-4-9(6)13-2/h3-4,11-12H,5H2,1-2H3. The molecule has 0 aliphatic heterocycles. The third kappa shape index (κ3) is 1.96. The summed E-state index contributed by atoms with van der Waals surface area (Å²) in [6.45, 7) is 1.82. The molecule has 0 amide bonds. The third-order valence-corrected chi connectivity index (χ3v) is 1.97. The number of nitrogens with one attached hydrogen (secondary N) is 1. The first kappa shape index (κ1) is 9.95. The molecular formula is C9H12FNO2. The van der Waals surface area contributed by atoms with Gasteiger partial charge in [0, 0.05) is 12.1 Å². The molecule has 4 heteroatoms. The molecule has 1 aromatic carbocycles. The average Bonchev–Trinajstić information content (AvgIpc) is 2.12. The molecule has 13 heavy (non-hydrogen) atoms. The Morgan fingerprint density at radius 1 is 1.54 bits per heavy atom. The Morgan fingerprint density at radius 2 is 2.23 bits per heavy atom. The van der Waals surface area contributed by atoms with E-state index in [9.17, 15) is 4.39 Å². The van der Waals surface area contributed by atoms with Gasteiger partial charge in [-0.15, -0.1) is 0 Å². The van der Waals surface area contributed by atoms with E-state index >= 15 is 0 Å². The predicted molar refractivity (Wildman–Crippen MR) is 46.3 cm³/mol. The predicted octanol–water partition coefficient (Wildman–Crippen LogP) is 1.62. The van der Waals surface area contributed by atoms with Crippen LogP contribution >= 0.6 is 0 Å². The first-order chi connectivity index (χ1) is 6.20. The Balaban J connectivity index is 3.13. The number of benzene rings is 1. The van der Waals surface area contributed by atoms with Crippen LogP contribution in [0.25, 0.3) is 0 Å². The summed E-state index contributed by atoms with van der Waals surface area (Å²) in [6.07, 6.45) is 0. The minimum Gasteiger partial charge on any atom is -0.496 e. The van der Waals surface area contributed by atoms with Gasteiger partial charge in [-0.05, 0) is 24.6 Å². The summed E-state index contributed by atoms with van der Waals surface area (Å²) in [4.78, 5) is 0. The van der Waals surface area contributed by atoms with Crippen LogP contribution in [0.5, 0.6) is 5.75 Å². The normalized spacial score (nSPS) is 10.2. The number of rotatable bonds is 3. The van der Waals surface area contributed by atoms with Crippen molar-refractivity contribution in [2.45, 2.75) is 13.5 Å². The van der Waals surface area contributed by atoms with Gasteiger partial charge in [-0.2, -0.15) is 0 Å². The maximum Gasteiger partial charge on any atom is 0.128 e. The van der Waals surface area contributed by atoms with E-state index in [4.69, 9.17) is 9.94 Å². The van der Waals surface area contributed by atoms with Crippen molar-refractivity contribution in [3.63, 3.8) is 0 Å². The number of methoxy groups -OCH3 is 1. The molecule has 1 rings (SSSR count). The van der Waals surface area contributed by atoms with Gasteiger partial charge in [-0.1, -0.05) is 0 Å². The summed E-state index contributed by atoms with van der Waals surface area (Å²) in [7, 11) is 1.52. The van der Waals surface area contributed by atoms with Crippen molar-refractivity contribution in [3.05, 3.63) is 29.1 Å². The Hall–Kier alpha value is -1.13. The van der Waals surface area contributed by atoms with E-state index in [1.807, 2.05) is 5.48 Å². The van der Waals surface area contributed by atoms with Crippen molar-refractivity contribution < 1.29 is 14.3 Å². The summed E-state index contributed by atoms with van der Waals surface area (Å²) < 4.78 is 18.2. The lowest BCUT2D eigenvalue weighted by molar-refractivity contribution is 0.159. The molecule has 0 unspecified atom stereocenters. The van der Waals surface area contributed by atoms with E-state index in [-0.39, 0.29) is 12.4 Å². The van der Waals surface area contributed by atoms with Crippen molar-refractivity contribution >= 4 is 0 Å². The minimum atomic E-state index is -0.347. The Bertz CT molecular complexity index is 302. The van der Waals surface area contributed by atoms with Gasteiger partial charge in [0.25, 0.3) is 0 Å². The average molecular weight is 185 g/mol. The second kappa shape index (κ2) is 4.20. The fourth-order valence-corrected chi connectivity index (χ4v) is 1.22. The quantitative estimate of drug-likeness (QED) is 0.703. The molecule has 3 nitrogen and oxygen atoms in total. The maximum atomic E-state index is 13.1. The van der Waals surface area contributed by atoms with E-state index < -0.39 is 0 Å². The van der Waals surface area contributed by atoms with Crippen LogP contribution in [0.15, 0.2) is 12.1 Å². The largest absolute Gasteiger partial charge is 0.496 e. The van der Waals surface area contributed by atoms with Gasteiger partial charge in [0.2, 0.25) is 0 Å². The maximum absolute atomic E-state index is 13.1. The number of halogens is 1. The van der Waals surface area contributed by atoms with Crippen LogP contribution in [0.4, 0.5) is 4.39 Å². The van der Waals surface area contributed by atoms with Gasteiger partial charge in [-0.25, -0.2) is 9.87 Å². The van der Waals surface area contributed by atoms with Crippen LogP contribution in [0, 0.1) is 12.7 Å². The second-order valence-corrected chi connectivity index (χ2v) is 2.69. The monoisotopic (exact) mass is 185 g/mol. The smallest absolute Gasteiger partial charge is 0.128 e. The molecule has 0 heterocycles. The minimum absolute atomic E-state index is 0.0782. The van der Waals surface area contributed by atoms with Gasteiger partial charge in [0.1, 0.15) is 11.6 Å². The lowest BCUT2D eigenvalue weighted by atomic mass is 10.1. The zero-order valence-corrected chi connectivity index (χ0v) is 7.60. The highest BCUT2D eigenvalue weighted by molar-refractivity contribution is 5.39. The zero-order valence-electron chi connectivity index (χ0n) is 7.60. The van der Waals surface area contributed by atoms with Crippen LogP contribution in [0.1, 0.15) is 11.1 Å². The third-order valence-electron chi connectivity index (χ3n) is 1.97. The summed E-state index contributed by atoms with van der Waals surface area (Å²) in [5.41, 5.74) is 3.04. The van der Waals surface area contributed by atoms with E-state index in [0.717, 1.165) is 0 Å². The molecule has 0 spiro atoms. The fourth-order valence-electron chi connectivity index (χ4n) is 1.22. The topological polar surface area (TPSA) is 41.5 Å². The van der Waals surface area contributed by atoms with Crippen LogP contribution in [0.3, 0.4) is 0 Å². The van der Waals surface area contributed by atoms with E-state index in [1.54, 1.807) is 13.0 Å². The highest BCUT2D eigenvalue weighted by Crippen LogP contribution is 2.23. The highest BCUT2D eigenvalue weighted by Gasteiger charge is 2.09. The fraction of sp³-hybridized carbons (Fsp3) is 0.333.